The number of allylic oxidation sites excluding steroid dienone is 6. The molecule has 1 aliphatic rings. The summed E-state index contributed by atoms with van der Waals surface area (Å²) < 4.78 is 0. The van der Waals surface area contributed by atoms with Gasteiger partial charge in [0.25, 0.3) is 0 Å². The third-order valence-electron chi connectivity index (χ3n) is 7.31. The summed E-state index contributed by atoms with van der Waals surface area (Å²) in [5, 5.41) is 3.66. The van der Waals surface area contributed by atoms with E-state index in [2.05, 4.69) is 121 Å². The Labute approximate surface area is 255 Å². The summed E-state index contributed by atoms with van der Waals surface area (Å²) in [4.78, 5) is 14.7. The van der Waals surface area contributed by atoms with Gasteiger partial charge in [-0.1, -0.05) is 109 Å². The van der Waals surface area contributed by atoms with Crippen LogP contribution in [0.3, 0.4) is 0 Å². The Bertz CT molecular complexity index is 1750. The number of benzene rings is 3. The summed E-state index contributed by atoms with van der Waals surface area (Å²) in [6.07, 6.45) is 12.4. The van der Waals surface area contributed by atoms with Crippen LogP contribution in [0.5, 0.6) is 0 Å². The van der Waals surface area contributed by atoms with Crippen molar-refractivity contribution in [2.45, 2.75) is 40.8 Å². The maximum absolute atomic E-state index is 5.05. The van der Waals surface area contributed by atoms with Crippen molar-refractivity contribution in [1.29, 1.82) is 0 Å². The zero-order chi connectivity index (χ0) is 30.2. The van der Waals surface area contributed by atoms with Gasteiger partial charge in [0, 0.05) is 17.1 Å². The molecule has 0 bridgehead atoms. The second-order valence-corrected chi connectivity index (χ2v) is 10.6. The minimum Gasteiger partial charge on any atom is -0.360 e. The molecule has 0 amide bonds. The fourth-order valence-electron chi connectivity index (χ4n) is 5.11. The monoisotopic (exact) mass is 562 g/mol. The molecular formula is C39H38N4. The standard InChI is InChI=1S/C39H38N4/c1-6-14-34-24-27(3)38(41-29(34)5)40-28(4)25-35(15-7-2)30-20-22-32(23-21-30)37-26-36(31-16-10-8-11-17-31)42-39(43-37)33-18-12-9-13-19-33/h6-26,39,43H,1-5H3/b14-6-,15-7-,35-25+,40-28?. The molecule has 1 N–H and O–H groups in total. The van der Waals surface area contributed by atoms with E-state index in [1.165, 1.54) is 0 Å². The summed E-state index contributed by atoms with van der Waals surface area (Å²) in [7, 11) is 0. The van der Waals surface area contributed by atoms with Crippen LogP contribution in [-0.2, 0) is 0 Å². The highest BCUT2D eigenvalue weighted by atomic mass is 15.1. The molecular weight excluding hydrogens is 524 g/mol. The van der Waals surface area contributed by atoms with E-state index >= 15 is 0 Å². The predicted octanol–water partition coefficient (Wildman–Crippen LogP) is 9.62. The number of hydrogen-bond donors (Lipinski definition) is 1. The van der Waals surface area contributed by atoms with Crippen molar-refractivity contribution in [3.8, 4) is 0 Å². The largest absolute Gasteiger partial charge is 0.360 e. The molecule has 4 aromatic rings. The Morgan fingerprint density at radius 1 is 0.837 bits per heavy atom. The lowest BCUT2D eigenvalue weighted by Crippen LogP contribution is -2.24. The van der Waals surface area contributed by atoms with Gasteiger partial charge in [-0.25, -0.2) is 9.98 Å². The highest BCUT2D eigenvalue weighted by Crippen LogP contribution is 2.28. The van der Waals surface area contributed by atoms with Gasteiger partial charge in [-0.05, 0) is 91.8 Å². The molecule has 0 saturated carbocycles. The highest BCUT2D eigenvalue weighted by Gasteiger charge is 2.19. The second-order valence-electron chi connectivity index (χ2n) is 10.6. The van der Waals surface area contributed by atoms with Gasteiger partial charge in [0.2, 0.25) is 0 Å². The minimum absolute atomic E-state index is 0.166. The van der Waals surface area contributed by atoms with Crippen LogP contribution in [0.15, 0.2) is 131 Å². The van der Waals surface area contributed by atoms with Crippen molar-refractivity contribution in [3.63, 3.8) is 0 Å². The Morgan fingerprint density at radius 2 is 1.53 bits per heavy atom. The van der Waals surface area contributed by atoms with Crippen molar-refractivity contribution in [2.24, 2.45) is 9.98 Å². The number of pyridine rings is 1. The van der Waals surface area contributed by atoms with Gasteiger partial charge in [-0.2, -0.15) is 0 Å². The maximum atomic E-state index is 5.05. The minimum atomic E-state index is -0.166. The topological polar surface area (TPSA) is 49.6 Å². The first kappa shape index (κ1) is 29.4. The molecule has 4 nitrogen and oxygen atoms in total. The molecule has 0 fully saturated rings. The number of aromatic nitrogens is 1. The molecule has 1 aromatic heterocycles. The van der Waals surface area contributed by atoms with Gasteiger partial charge >= 0.3 is 0 Å². The SMILES string of the molecule is C/C=C\C(=C/C(C)=Nc1nc(C)c(/C=C\C)cc1C)c1ccc(C2=CC(c3ccccc3)=NC(c3ccccc3)N2)cc1. The number of nitrogens with zero attached hydrogens (tertiary/aromatic N) is 3. The van der Waals surface area contributed by atoms with Crippen LogP contribution in [-0.4, -0.2) is 16.4 Å². The lowest BCUT2D eigenvalue weighted by molar-refractivity contribution is 0.664. The van der Waals surface area contributed by atoms with Crippen LogP contribution in [0.1, 0.15) is 66.0 Å². The van der Waals surface area contributed by atoms with Crippen LogP contribution >= 0.6 is 0 Å². The fourth-order valence-corrected chi connectivity index (χ4v) is 5.11. The van der Waals surface area contributed by atoms with Crippen molar-refractivity contribution in [2.75, 3.05) is 0 Å². The van der Waals surface area contributed by atoms with Crippen LogP contribution in [0.4, 0.5) is 5.82 Å². The van der Waals surface area contributed by atoms with E-state index in [9.17, 15) is 0 Å². The zero-order valence-corrected chi connectivity index (χ0v) is 25.5. The van der Waals surface area contributed by atoms with E-state index in [1.54, 1.807) is 0 Å². The Morgan fingerprint density at radius 3 is 2.21 bits per heavy atom. The Kier molecular flexibility index (Phi) is 9.38. The molecule has 0 spiro atoms. The average molecular weight is 563 g/mol. The first-order valence-corrected chi connectivity index (χ1v) is 14.7. The number of hydrogen-bond acceptors (Lipinski definition) is 4. The molecule has 5 rings (SSSR count). The first-order chi connectivity index (χ1) is 20.9. The number of aryl methyl sites for hydroxylation is 2. The number of nitrogens with one attached hydrogen (secondary N) is 1. The molecule has 1 unspecified atom stereocenters. The Hall–Kier alpha value is -5.09. The van der Waals surface area contributed by atoms with E-state index in [0.717, 1.165) is 67.6 Å². The van der Waals surface area contributed by atoms with E-state index < -0.39 is 0 Å². The lowest BCUT2D eigenvalue weighted by atomic mass is 9.98. The van der Waals surface area contributed by atoms with Crippen LogP contribution in [0.25, 0.3) is 17.3 Å². The molecule has 0 radical (unpaired) electrons. The van der Waals surface area contributed by atoms with Crippen molar-refractivity contribution < 1.29 is 0 Å². The molecule has 0 saturated heterocycles. The normalized spacial score (nSPS) is 15.9. The smallest absolute Gasteiger partial charge is 0.155 e. The van der Waals surface area contributed by atoms with Gasteiger partial charge in [0.05, 0.1) is 5.71 Å². The molecule has 43 heavy (non-hydrogen) atoms. The molecule has 1 atom stereocenters. The van der Waals surface area contributed by atoms with Gasteiger partial charge in [0.15, 0.2) is 5.82 Å². The van der Waals surface area contributed by atoms with E-state index in [0.29, 0.717) is 0 Å². The van der Waals surface area contributed by atoms with Gasteiger partial charge in [-0.15, -0.1) is 0 Å². The Balaban J connectivity index is 1.45. The third kappa shape index (κ3) is 7.22. The van der Waals surface area contributed by atoms with Gasteiger partial charge in [0.1, 0.15) is 6.17 Å². The average Bonchev–Trinajstić information content (AvgIpc) is 3.04. The first-order valence-electron chi connectivity index (χ1n) is 14.7. The fraction of sp³-hybridized carbons (Fsp3) is 0.154. The zero-order valence-electron chi connectivity index (χ0n) is 25.5. The van der Waals surface area contributed by atoms with E-state index in [-0.39, 0.29) is 6.17 Å². The van der Waals surface area contributed by atoms with E-state index in [4.69, 9.17) is 15.0 Å². The molecule has 1 aliphatic heterocycles. The third-order valence-corrected chi connectivity index (χ3v) is 7.31. The van der Waals surface area contributed by atoms with E-state index in [1.807, 2.05) is 45.9 Å². The van der Waals surface area contributed by atoms with Gasteiger partial charge < -0.3 is 5.32 Å². The maximum Gasteiger partial charge on any atom is 0.155 e. The van der Waals surface area contributed by atoms with Crippen LogP contribution in [0.2, 0.25) is 0 Å². The quantitative estimate of drug-likeness (QED) is 0.172. The van der Waals surface area contributed by atoms with Crippen molar-refractivity contribution in [3.05, 3.63) is 160 Å². The highest BCUT2D eigenvalue weighted by molar-refractivity contribution is 6.13. The summed E-state index contributed by atoms with van der Waals surface area (Å²) in [5.41, 5.74) is 11.6. The summed E-state index contributed by atoms with van der Waals surface area (Å²) in [5.74, 6) is 0.758. The van der Waals surface area contributed by atoms with Gasteiger partial charge in [-0.3, -0.25) is 4.99 Å². The van der Waals surface area contributed by atoms with Crippen molar-refractivity contribution in [1.82, 2.24) is 10.3 Å². The van der Waals surface area contributed by atoms with Crippen molar-refractivity contribution >= 4 is 34.6 Å². The molecule has 0 aliphatic carbocycles. The number of rotatable bonds is 8. The van der Waals surface area contributed by atoms with Crippen LogP contribution in [0, 0.1) is 13.8 Å². The summed E-state index contributed by atoms with van der Waals surface area (Å²) in [6, 6.07) is 31.5. The molecule has 214 valence electrons. The molecule has 3 aromatic carbocycles. The summed E-state index contributed by atoms with van der Waals surface area (Å²) in [6.45, 7) is 10.2. The lowest BCUT2D eigenvalue weighted by Gasteiger charge is -2.25. The number of aliphatic imine (C=N–C) groups is 2. The summed E-state index contributed by atoms with van der Waals surface area (Å²) >= 11 is 0. The predicted molar refractivity (Wildman–Crippen MR) is 184 cm³/mol. The second kappa shape index (κ2) is 13.7. The molecule has 2 heterocycles. The molecule has 4 heteroatoms. The van der Waals surface area contributed by atoms with Crippen LogP contribution < -0.4 is 5.32 Å².